The van der Waals surface area contributed by atoms with Crippen molar-refractivity contribution >= 4 is 31.6 Å². The molecule has 120 valence electrons. The summed E-state index contributed by atoms with van der Waals surface area (Å²) in [4.78, 5) is 4.52. The van der Waals surface area contributed by atoms with Crippen LogP contribution in [-0.2, 0) is 14.8 Å². The summed E-state index contributed by atoms with van der Waals surface area (Å²) in [5.74, 6) is 0. The van der Waals surface area contributed by atoms with Gasteiger partial charge in [0.05, 0.1) is 16.3 Å². The van der Waals surface area contributed by atoms with Crippen LogP contribution in [0.25, 0.3) is 10.2 Å². The lowest BCUT2D eigenvalue weighted by atomic mass is 10.1. The second-order valence-corrected chi connectivity index (χ2v) is 8.36. The van der Waals surface area contributed by atoms with Crippen LogP contribution in [0.5, 0.6) is 0 Å². The quantitative estimate of drug-likeness (QED) is 0.840. The Morgan fingerprint density at radius 3 is 3.18 bits per heavy atom. The van der Waals surface area contributed by atoms with E-state index in [1.807, 2.05) is 11.4 Å². The summed E-state index contributed by atoms with van der Waals surface area (Å²) in [5.41, 5.74) is 0.840. The maximum atomic E-state index is 12.8. The van der Waals surface area contributed by atoms with Crippen LogP contribution in [0, 0.1) is 0 Å². The molecular formula is C15H20N2O3S2. The highest BCUT2D eigenvalue weighted by molar-refractivity contribution is 7.89. The van der Waals surface area contributed by atoms with Gasteiger partial charge >= 0.3 is 0 Å². The van der Waals surface area contributed by atoms with Crippen LogP contribution in [0.1, 0.15) is 26.2 Å². The number of hydrogen-bond donors (Lipinski definition) is 0. The third kappa shape index (κ3) is 3.17. The van der Waals surface area contributed by atoms with Crippen molar-refractivity contribution in [2.45, 2.75) is 37.2 Å². The lowest BCUT2D eigenvalue weighted by Gasteiger charge is -2.31. The average Bonchev–Trinajstić information content (AvgIpc) is 3.00. The molecule has 2 aromatic heterocycles. The van der Waals surface area contributed by atoms with Crippen LogP contribution in [0.15, 0.2) is 28.6 Å². The van der Waals surface area contributed by atoms with E-state index in [-0.39, 0.29) is 11.0 Å². The van der Waals surface area contributed by atoms with E-state index in [4.69, 9.17) is 4.74 Å². The van der Waals surface area contributed by atoms with E-state index in [1.165, 1.54) is 21.8 Å². The smallest absolute Gasteiger partial charge is 0.244 e. The summed E-state index contributed by atoms with van der Waals surface area (Å²) in [6.07, 6.45) is 4.17. The second kappa shape index (κ2) is 6.62. The van der Waals surface area contributed by atoms with E-state index in [2.05, 4.69) is 11.9 Å². The first-order valence-electron chi connectivity index (χ1n) is 7.56. The van der Waals surface area contributed by atoms with Gasteiger partial charge in [-0.2, -0.15) is 4.31 Å². The first-order valence-corrected chi connectivity index (χ1v) is 9.88. The number of nitrogens with zero attached hydrogens (tertiary/aromatic N) is 2. The summed E-state index contributed by atoms with van der Waals surface area (Å²) < 4.78 is 33.8. The first-order chi connectivity index (χ1) is 10.6. The molecule has 0 saturated carbocycles. The van der Waals surface area contributed by atoms with Gasteiger partial charge in [-0.05, 0) is 36.8 Å². The fourth-order valence-corrected chi connectivity index (χ4v) is 5.00. The van der Waals surface area contributed by atoms with Crippen molar-refractivity contribution in [2.75, 3.05) is 19.7 Å². The monoisotopic (exact) mass is 340 g/mol. The number of pyridine rings is 1. The van der Waals surface area contributed by atoms with Gasteiger partial charge < -0.3 is 4.74 Å². The van der Waals surface area contributed by atoms with Crippen LogP contribution in [0.3, 0.4) is 0 Å². The fraction of sp³-hybridized carbons (Fsp3) is 0.533. The number of piperidine rings is 1. The molecule has 0 amide bonds. The summed E-state index contributed by atoms with van der Waals surface area (Å²) in [6, 6.07) is 3.62. The molecule has 0 bridgehead atoms. The number of rotatable bonds is 5. The zero-order valence-corrected chi connectivity index (χ0v) is 14.2. The van der Waals surface area contributed by atoms with Gasteiger partial charge in [-0.25, -0.2) is 8.42 Å². The molecule has 0 N–H and O–H groups in total. The molecule has 3 rings (SSSR count). The fourth-order valence-electron chi connectivity index (χ4n) is 2.66. The minimum absolute atomic E-state index is 0.00176. The van der Waals surface area contributed by atoms with Gasteiger partial charge in [-0.1, -0.05) is 6.92 Å². The van der Waals surface area contributed by atoms with Gasteiger partial charge in [0, 0.05) is 25.9 Å². The number of hydrogen-bond acceptors (Lipinski definition) is 5. The van der Waals surface area contributed by atoms with Crippen LogP contribution in [0.2, 0.25) is 0 Å². The van der Waals surface area contributed by atoms with E-state index in [9.17, 15) is 8.42 Å². The standard InChI is InChI=1S/C15H20N2O3S2/c1-2-7-20-12-4-3-6-17(11-12)22(18,19)13-9-15-14(16-10-13)5-8-21-15/h5,8-10,12H,2-4,6-7,11H2,1H3/t12-/m1/s1. The van der Waals surface area contributed by atoms with E-state index < -0.39 is 10.0 Å². The Morgan fingerprint density at radius 1 is 1.50 bits per heavy atom. The zero-order valence-electron chi connectivity index (χ0n) is 12.6. The minimum Gasteiger partial charge on any atom is -0.377 e. The van der Waals surface area contributed by atoms with Gasteiger partial charge in [0.2, 0.25) is 10.0 Å². The predicted octanol–water partition coefficient (Wildman–Crippen LogP) is 2.88. The molecule has 7 heteroatoms. The van der Waals surface area contributed by atoms with E-state index in [0.29, 0.717) is 19.7 Å². The molecule has 0 radical (unpaired) electrons. The van der Waals surface area contributed by atoms with Gasteiger partial charge in [0.15, 0.2) is 0 Å². The van der Waals surface area contributed by atoms with E-state index in [0.717, 1.165) is 29.5 Å². The molecule has 2 aromatic rings. The molecule has 3 heterocycles. The Balaban J connectivity index is 1.81. The first kappa shape index (κ1) is 15.9. The van der Waals surface area contributed by atoms with Crippen molar-refractivity contribution in [1.82, 2.24) is 9.29 Å². The molecule has 0 aliphatic carbocycles. The Bertz CT molecular complexity index is 742. The van der Waals surface area contributed by atoms with Crippen LogP contribution >= 0.6 is 11.3 Å². The van der Waals surface area contributed by atoms with Crippen LogP contribution < -0.4 is 0 Å². The summed E-state index contributed by atoms with van der Waals surface area (Å²) in [7, 11) is -3.49. The van der Waals surface area contributed by atoms with Gasteiger partial charge in [0.25, 0.3) is 0 Å². The Labute approximate surface area is 135 Å². The number of thiophene rings is 1. The summed E-state index contributed by atoms with van der Waals surface area (Å²) in [5, 5.41) is 1.92. The van der Waals surface area contributed by atoms with Crippen molar-refractivity contribution in [1.29, 1.82) is 0 Å². The molecule has 1 atom stereocenters. The third-order valence-corrected chi connectivity index (χ3v) is 6.50. The number of fused-ring (bicyclic) bond motifs is 1. The topological polar surface area (TPSA) is 59.5 Å². The molecular weight excluding hydrogens is 320 g/mol. The minimum atomic E-state index is -3.49. The molecule has 1 saturated heterocycles. The molecule has 0 unspecified atom stereocenters. The largest absolute Gasteiger partial charge is 0.377 e. The lowest BCUT2D eigenvalue weighted by Crippen LogP contribution is -2.43. The molecule has 1 fully saturated rings. The summed E-state index contributed by atoms with van der Waals surface area (Å²) >= 11 is 1.51. The van der Waals surface area contributed by atoms with Gasteiger partial charge in [0.1, 0.15) is 4.90 Å². The van der Waals surface area contributed by atoms with Gasteiger partial charge in [-0.15, -0.1) is 11.3 Å². The second-order valence-electron chi connectivity index (χ2n) is 5.47. The van der Waals surface area contributed by atoms with Crippen LogP contribution in [-0.4, -0.2) is 43.5 Å². The normalized spacial score (nSPS) is 20.5. The Hall–Kier alpha value is -1.02. The number of ether oxygens (including phenoxy) is 1. The predicted molar refractivity (Wildman–Crippen MR) is 87.6 cm³/mol. The Kier molecular flexibility index (Phi) is 4.77. The van der Waals surface area contributed by atoms with Crippen molar-refractivity contribution in [2.24, 2.45) is 0 Å². The number of aromatic nitrogens is 1. The SMILES string of the molecule is CCCO[C@@H]1CCCN(S(=O)(=O)c2cnc3ccsc3c2)C1. The van der Waals surface area contributed by atoms with Crippen molar-refractivity contribution < 1.29 is 13.2 Å². The molecule has 5 nitrogen and oxygen atoms in total. The van der Waals surface area contributed by atoms with E-state index in [1.54, 1.807) is 6.07 Å². The highest BCUT2D eigenvalue weighted by Crippen LogP contribution is 2.26. The van der Waals surface area contributed by atoms with Crippen molar-refractivity contribution in [3.05, 3.63) is 23.7 Å². The average molecular weight is 340 g/mol. The molecule has 0 spiro atoms. The van der Waals surface area contributed by atoms with E-state index >= 15 is 0 Å². The maximum Gasteiger partial charge on any atom is 0.244 e. The molecule has 22 heavy (non-hydrogen) atoms. The van der Waals surface area contributed by atoms with Crippen LogP contribution in [0.4, 0.5) is 0 Å². The highest BCUT2D eigenvalue weighted by Gasteiger charge is 2.31. The molecule has 1 aliphatic rings. The number of sulfonamides is 1. The Morgan fingerprint density at radius 2 is 2.36 bits per heavy atom. The zero-order chi connectivity index (χ0) is 15.6. The highest BCUT2D eigenvalue weighted by atomic mass is 32.2. The molecule has 1 aliphatic heterocycles. The third-order valence-electron chi connectivity index (χ3n) is 3.81. The maximum absolute atomic E-state index is 12.8. The molecule has 0 aromatic carbocycles. The lowest BCUT2D eigenvalue weighted by molar-refractivity contribution is 0.0193. The van der Waals surface area contributed by atoms with Gasteiger partial charge in [-0.3, -0.25) is 4.98 Å². The van der Waals surface area contributed by atoms with Crippen molar-refractivity contribution in [3.8, 4) is 0 Å². The van der Waals surface area contributed by atoms with Crippen molar-refractivity contribution in [3.63, 3.8) is 0 Å². The summed E-state index contributed by atoms with van der Waals surface area (Å²) in [6.45, 7) is 3.72.